The van der Waals surface area contributed by atoms with Crippen LogP contribution in [0.2, 0.25) is 0 Å². The van der Waals surface area contributed by atoms with E-state index in [1.165, 1.54) is 55.0 Å². The summed E-state index contributed by atoms with van der Waals surface area (Å²) in [6.07, 6.45) is 5.41. The number of anilines is 3. The fourth-order valence-electron chi connectivity index (χ4n) is 8.45. The van der Waals surface area contributed by atoms with E-state index in [-0.39, 0.29) is 85.1 Å². The van der Waals surface area contributed by atoms with E-state index in [9.17, 15) is 33.9 Å². The van der Waals surface area contributed by atoms with Crippen LogP contribution in [0.1, 0.15) is 67.9 Å². The van der Waals surface area contributed by atoms with E-state index in [2.05, 4.69) is 21.4 Å². The summed E-state index contributed by atoms with van der Waals surface area (Å²) in [6.45, 7) is 2.42. The van der Waals surface area contributed by atoms with Crippen LogP contribution in [0.15, 0.2) is 71.9 Å². The van der Waals surface area contributed by atoms with Crippen molar-refractivity contribution in [2.45, 2.75) is 58.7 Å². The third kappa shape index (κ3) is 10.4. The Hall–Kier alpha value is -7.83. The molecule has 2 aliphatic heterocycles. The Bertz CT molecular complexity index is 3100. The molecule has 0 aliphatic carbocycles. The summed E-state index contributed by atoms with van der Waals surface area (Å²) in [5.74, 6) is -2.68. The monoisotopic (exact) mass is 978 g/mol. The summed E-state index contributed by atoms with van der Waals surface area (Å²) >= 11 is 0. The molecule has 6 aromatic rings. The van der Waals surface area contributed by atoms with Crippen molar-refractivity contribution >= 4 is 57.6 Å². The Kier molecular flexibility index (Phi) is 14.7. The van der Waals surface area contributed by atoms with E-state index in [1.807, 2.05) is 25.1 Å². The molecule has 0 radical (unpaired) electrons. The number of hydrogen-bond acceptors (Lipinski definition) is 16. The lowest BCUT2D eigenvalue weighted by molar-refractivity contribution is -0.172. The number of amides is 3. The van der Waals surface area contributed by atoms with Gasteiger partial charge in [0.05, 0.1) is 46.1 Å². The average molecular weight is 979 g/mol. The van der Waals surface area contributed by atoms with Crippen LogP contribution >= 0.6 is 0 Å². The molecule has 0 fully saturated rings. The summed E-state index contributed by atoms with van der Waals surface area (Å²) in [5, 5.41) is 20.3. The maximum atomic E-state index is 13.7. The molecule has 1 unspecified atom stereocenters. The third-order valence-electron chi connectivity index (χ3n) is 11.9. The number of benzene rings is 1. The van der Waals surface area contributed by atoms with Crippen molar-refractivity contribution in [2.75, 3.05) is 71.2 Å². The molecule has 8 rings (SSSR count). The van der Waals surface area contributed by atoms with Gasteiger partial charge in [-0.3, -0.25) is 19.2 Å². The molecule has 2 aliphatic rings. The van der Waals surface area contributed by atoms with Gasteiger partial charge >= 0.3 is 11.9 Å². The van der Waals surface area contributed by atoms with E-state index in [0.717, 1.165) is 18.5 Å². The molecule has 7 heterocycles. The maximum absolute atomic E-state index is 13.7. The second-order valence-corrected chi connectivity index (χ2v) is 17.1. The lowest BCUT2D eigenvalue weighted by Gasteiger charge is -2.31. The van der Waals surface area contributed by atoms with Crippen LogP contribution in [0.5, 0.6) is 5.75 Å². The Balaban J connectivity index is 0.886. The number of fused-ring (bicyclic) bond motifs is 5. The third-order valence-corrected chi connectivity index (χ3v) is 11.9. The van der Waals surface area contributed by atoms with Gasteiger partial charge in [0.1, 0.15) is 49.6 Å². The lowest BCUT2D eigenvalue weighted by atomic mass is 9.86. The summed E-state index contributed by atoms with van der Waals surface area (Å²) in [7, 11) is 8.31. The van der Waals surface area contributed by atoms with Gasteiger partial charge < -0.3 is 72.7 Å². The fourth-order valence-corrected chi connectivity index (χ4v) is 8.45. The molecule has 71 heavy (non-hydrogen) atoms. The first-order valence-electron chi connectivity index (χ1n) is 22.5. The van der Waals surface area contributed by atoms with E-state index in [1.54, 1.807) is 52.6 Å². The molecule has 3 amide bonds. The number of cyclic esters (lactones) is 1. The molecule has 0 bridgehead atoms. The number of esters is 1. The molecule has 374 valence electrons. The number of carbonyl (C=O) groups is 5. The highest BCUT2D eigenvalue weighted by atomic mass is 16.7. The van der Waals surface area contributed by atoms with Gasteiger partial charge in [-0.1, -0.05) is 6.92 Å². The predicted molar refractivity (Wildman–Crippen MR) is 255 cm³/mol. The van der Waals surface area contributed by atoms with Crippen LogP contribution in [0.25, 0.3) is 22.3 Å². The standard InChI is InChI=1S/C48H54N10O13/c1-7-48(65)35-18-37-42-29(19-58(37)46(63)34(35)23-70-47(48)64)13-28-14-33(9-10-36(28)52-42)69-24-41(59)71-53-32-17-40(57(22-32)27-68-6)45(62)51-31-16-39(56(21-31)26-67-5)44(61)50-30-15-38(55(20-30)25-66-4)43(60)49-11-8-12-54(2)3/h9-10,13-18,20-22,53,65H,7-8,11-12,19,23-27H2,1-6H3,(H,49,60)(H,50,61)(H,51,62). The SMILES string of the molecule is CCC1(O)C(=O)OCc2c1cc1n(c2=O)Cc2cc3cc(OCC(=O)ONc4cc(C(=O)Nc5cc(C(=O)Nc6cc(C(=O)NCCCN(C)C)n(COC)c6)n(COC)c5)n(COC)c4)ccc3nc2-1. The molecule has 0 saturated carbocycles. The Labute approximate surface area is 406 Å². The van der Waals surface area contributed by atoms with Crippen molar-refractivity contribution < 1.29 is 57.6 Å². The highest BCUT2D eigenvalue weighted by Crippen LogP contribution is 2.39. The predicted octanol–water partition coefficient (Wildman–Crippen LogP) is 3.43. The van der Waals surface area contributed by atoms with Crippen molar-refractivity contribution in [1.29, 1.82) is 0 Å². The number of rotatable bonds is 21. The number of hydrogen-bond donors (Lipinski definition) is 5. The summed E-state index contributed by atoms with van der Waals surface area (Å²) in [5.41, 5.74) is 4.48. The molecule has 5 N–H and O–H groups in total. The molecule has 0 spiro atoms. The van der Waals surface area contributed by atoms with Crippen LogP contribution in [-0.2, 0) is 72.3 Å². The summed E-state index contributed by atoms with van der Waals surface area (Å²) in [4.78, 5) is 91.4. The van der Waals surface area contributed by atoms with Gasteiger partial charge in [0.15, 0.2) is 12.2 Å². The molecule has 1 atom stereocenters. The average Bonchev–Trinajstić information content (AvgIpc) is 4.14. The van der Waals surface area contributed by atoms with Crippen LogP contribution in [0.3, 0.4) is 0 Å². The number of nitrogens with one attached hydrogen (secondary N) is 4. The van der Waals surface area contributed by atoms with Gasteiger partial charge in [-0.25, -0.2) is 20.1 Å². The van der Waals surface area contributed by atoms with E-state index in [4.69, 9.17) is 33.5 Å². The lowest BCUT2D eigenvalue weighted by Crippen LogP contribution is -2.44. The van der Waals surface area contributed by atoms with Crippen molar-refractivity contribution in [3.05, 3.63) is 111 Å². The number of carbonyl (C=O) groups excluding carboxylic acids is 5. The maximum Gasteiger partial charge on any atom is 0.369 e. The van der Waals surface area contributed by atoms with Gasteiger partial charge in [0, 0.05) is 63.0 Å². The highest BCUT2D eigenvalue weighted by Gasteiger charge is 2.45. The van der Waals surface area contributed by atoms with Gasteiger partial charge in [-0.15, -0.1) is 0 Å². The largest absolute Gasteiger partial charge is 0.482 e. The number of ether oxygens (including phenoxy) is 5. The molecule has 0 saturated heterocycles. The van der Waals surface area contributed by atoms with Gasteiger partial charge in [-0.05, 0) is 82.0 Å². The minimum Gasteiger partial charge on any atom is -0.482 e. The Morgan fingerprint density at radius 1 is 0.817 bits per heavy atom. The summed E-state index contributed by atoms with van der Waals surface area (Å²) < 4.78 is 32.9. The zero-order valence-corrected chi connectivity index (χ0v) is 40.0. The van der Waals surface area contributed by atoms with Crippen LogP contribution < -0.4 is 31.7 Å². The fraction of sp³-hybridized carbons (Fsp3) is 0.354. The topological polar surface area (TPSA) is 262 Å². The first-order valence-corrected chi connectivity index (χ1v) is 22.5. The van der Waals surface area contributed by atoms with Gasteiger partial charge in [0.2, 0.25) is 0 Å². The zero-order chi connectivity index (χ0) is 50.6. The second kappa shape index (κ2) is 21.0. The molecular weight excluding hydrogens is 925 g/mol. The Morgan fingerprint density at radius 3 is 2.03 bits per heavy atom. The number of nitrogens with zero attached hydrogens (tertiary/aromatic N) is 6. The van der Waals surface area contributed by atoms with Crippen LogP contribution in [-0.4, -0.2) is 118 Å². The van der Waals surface area contributed by atoms with Crippen molar-refractivity contribution in [2.24, 2.45) is 0 Å². The van der Waals surface area contributed by atoms with E-state index in [0.29, 0.717) is 46.0 Å². The number of aliphatic hydroxyl groups is 1. The molecule has 23 nitrogen and oxygen atoms in total. The van der Waals surface area contributed by atoms with Crippen LogP contribution in [0, 0.1) is 0 Å². The Morgan fingerprint density at radius 2 is 1.42 bits per heavy atom. The second-order valence-electron chi connectivity index (χ2n) is 17.1. The highest BCUT2D eigenvalue weighted by molar-refractivity contribution is 6.07. The zero-order valence-electron chi connectivity index (χ0n) is 40.0. The number of aromatic nitrogens is 5. The quantitative estimate of drug-likeness (QED) is 0.0393. The van der Waals surface area contributed by atoms with Crippen molar-refractivity contribution in [1.82, 2.24) is 33.5 Å². The number of methoxy groups -OCH3 is 3. The first kappa shape index (κ1) is 49.6. The van der Waals surface area contributed by atoms with Crippen molar-refractivity contribution in [3.8, 4) is 17.1 Å². The summed E-state index contributed by atoms with van der Waals surface area (Å²) in [6, 6.07) is 13.0. The van der Waals surface area contributed by atoms with Crippen molar-refractivity contribution in [3.63, 3.8) is 0 Å². The molecular formula is C48H54N10O13. The minimum atomic E-state index is -1.93. The number of pyridine rings is 2. The first-order chi connectivity index (χ1) is 34.1. The minimum absolute atomic E-state index is 0.0261. The van der Waals surface area contributed by atoms with Gasteiger partial charge in [-0.2, -0.15) is 0 Å². The molecule has 23 heteroatoms. The van der Waals surface area contributed by atoms with E-state index >= 15 is 0 Å². The van der Waals surface area contributed by atoms with Crippen LogP contribution in [0.4, 0.5) is 17.1 Å². The van der Waals surface area contributed by atoms with Gasteiger partial charge in [0.25, 0.3) is 23.3 Å². The van der Waals surface area contributed by atoms with E-state index < -0.39 is 36.0 Å². The smallest absolute Gasteiger partial charge is 0.369 e. The molecule has 1 aromatic carbocycles. The molecule has 5 aromatic heterocycles. The normalized spacial score (nSPS) is 14.7.